The van der Waals surface area contributed by atoms with Crippen LogP contribution < -0.4 is 10.6 Å². The molecular weight excluding hydrogens is 180 g/mol. The van der Waals surface area contributed by atoms with Gasteiger partial charge in [-0.1, -0.05) is 0 Å². The predicted molar refractivity (Wildman–Crippen MR) is 53.7 cm³/mol. The predicted octanol–water partition coefficient (Wildman–Crippen LogP) is 0.573. The first-order chi connectivity index (χ1) is 6.79. The highest BCUT2D eigenvalue weighted by atomic mass is 16.2. The minimum Gasteiger partial charge on any atom is -0.356 e. The van der Waals surface area contributed by atoms with E-state index < -0.39 is 0 Å². The van der Waals surface area contributed by atoms with E-state index in [1.165, 1.54) is 0 Å². The van der Waals surface area contributed by atoms with Gasteiger partial charge in [0, 0.05) is 25.9 Å². The van der Waals surface area contributed by atoms with Gasteiger partial charge in [-0.25, -0.2) is 0 Å². The van der Waals surface area contributed by atoms with Crippen molar-refractivity contribution in [1.82, 2.24) is 10.6 Å². The van der Waals surface area contributed by atoms with Gasteiger partial charge in [-0.15, -0.1) is 0 Å². The summed E-state index contributed by atoms with van der Waals surface area (Å²) in [5, 5.41) is 5.72. The Morgan fingerprint density at radius 3 is 1.57 bits per heavy atom. The number of hydrogen-bond donors (Lipinski definition) is 2. The normalized spacial score (nSPS) is 21.4. The molecule has 0 aromatic heterocycles. The molecule has 1 rings (SSSR count). The quantitative estimate of drug-likeness (QED) is 0.598. The summed E-state index contributed by atoms with van der Waals surface area (Å²) in [5.74, 6) is 0.233. The van der Waals surface area contributed by atoms with Gasteiger partial charge < -0.3 is 10.6 Å². The molecule has 1 aliphatic rings. The van der Waals surface area contributed by atoms with Crippen molar-refractivity contribution >= 4 is 11.8 Å². The van der Waals surface area contributed by atoms with Gasteiger partial charge in [-0.3, -0.25) is 9.59 Å². The molecule has 0 bridgehead atoms. The van der Waals surface area contributed by atoms with Crippen LogP contribution in [0, 0.1) is 0 Å². The topological polar surface area (TPSA) is 58.2 Å². The van der Waals surface area contributed by atoms with E-state index >= 15 is 0 Å². The maximum absolute atomic E-state index is 11.2. The molecule has 0 aromatic carbocycles. The lowest BCUT2D eigenvalue weighted by molar-refractivity contribution is -0.123. The van der Waals surface area contributed by atoms with E-state index in [-0.39, 0.29) is 11.8 Å². The number of carbonyl (C=O) groups is 2. The summed E-state index contributed by atoms with van der Waals surface area (Å²) in [7, 11) is 0. The molecule has 80 valence electrons. The van der Waals surface area contributed by atoms with E-state index in [1.54, 1.807) is 0 Å². The van der Waals surface area contributed by atoms with E-state index in [4.69, 9.17) is 0 Å². The summed E-state index contributed by atoms with van der Waals surface area (Å²) in [6, 6.07) is 0. The largest absolute Gasteiger partial charge is 0.356 e. The SMILES string of the molecule is O=C1CCCCC(=O)NCCCCN1. The van der Waals surface area contributed by atoms with Gasteiger partial charge in [0.2, 0.25) is 11.8 Å². The van der Waals surface area contributed by atoms with Crippen molar-refractivity contribution in [2.45, 2.75) is 38.5 Å². The van der Waals surface area contributed by atoms with Crippen LogP contribution in [0.4, 0.5) is 0 Å². The maximum atomic E-state index is 11.2. The Balaban J connectivity index is 2.27. The van der Waals surface area contributed by atoms with E-state index in [9.17, 15) is 9.59 Å². The second-order valence-electron chi connectivity index (χ2n) is 3.61. The molecule has 0 saturated carbocycles. The molecule has 2 N–H and O–H groups in total. The lowest BCUT2D eigenvalue weighted by Crippen LogP contribution is -2.28. The first kappa shape index (κ1) is 11.0. The smallest absolute Gasteiger partial charge is 0.219 e. The van der Waals surface area contributed by atoms with Crippen molar-refractivity contribution in [1.29, 1.82) is 0 Å². The second-order valence-corrected chi connectivity index (χ2v) is 3.61. The fourth-order valence-electron chi connectivity index (χ4n) is 1.45. The van der Waals surface area contributed by atoms with Gasteiger partial charge in [0.1, 0.15) is 0 Å². The Morgan fingerprint density at radius 2 is 1.14 bits per heavy atom. The fraction of sp³-hybridized carbons (Fsp3) is 0.800. The van der Waals surface area contributed by atoms with Gasteiger partial charge in [0.05, 0.1) is 0 Å². The van der Waals surface area contributed by atoms with E-state index in [1.807, 2.05) is 0 Å². The van der Waals surface area contributed by atoms with Gasteiger partial charge in [-0.05, 0) is 25.7 Å². The molecule has 1 heterocycles. The molecule has 0 unspecified atom stereocenters. The van der Waals surface area contributed by atoms with Crippen LogP contribution in [0.3, 0.4) is 0 Å². The average molecular weight is 198 g/mol. The third-order valence-electron chi connectivity index (χ3n) is 2.31. The van der Waals surface area contributed by atoms with Crippen LogP contribution in [0.15, 0.2) is 0 Å². The zero-order valence-corrected chi connectivity index (χ0v) is 8.47. The second kappa shape index (κ2) is 6.40. The van der Waals surface area contributed by atoms with Crippen LogP contribution in [0.25, 0.3) is 0 Å². The first-order valence-corrected chi connectivity index (χ1v) is 5.32. The van der Waals surface area contributed by atoms with Crippen molar-refractivity contribution in [2.75, 3.05) is 13.1 Å². The molecule has 4 nitrogen and oxygen atoms in total. The Hall–Kier alpha value is -1.06. The first-order valence-electron chi connectivity index (χ1n) is 5.32. The van der Waals surface area contributed by atoms with Crippen LogP contribution in [-0.2, 0) is 9.59 Å². The molecule has 14 heavy (non-hydrogen) atoms. The molecule has 0 radical (unpaired) electrons. The lowest BCUT2D eigenvalue weighted by atomic mass is 10.1. The number of rotatable bonds is 0. The highest BCUT2D eigenvalue weighted by Crippen LogP contribution is 2.01. The standard InChI is InChI=1S/C10H18N2O2/c13-9-5-1-2-6-10(14)12-8-4-3-7-11-9/h1-8H2,(H,11,13)(H,12,14). The van der Waals surface area contributed by atoms with Gasteiger partial charge in [0.15, 0.2) is 0 Å². The maximum Gasteiger partial charge on any atom is 0.219 e. The summed E-state index contributed by atoms with van der Waals surface area (Å²) >= 11 is 0. The number of amides is 2. The number of hydrogen-bond acceptors (Lipinski definition) is 2. The van der Waals surface area contributed by atoms with Gasteiger partial charge in [0.25, 0.3) is 0 Å². The van der Waals surface area contributed by atoms with Gasteiger partial charge in [-0.2, -0.15) is 0 Å². The summed E-state index contributed by atoms with van der Waals surface area (Å²) in [6.45, 7) is 1.46. The lowest BCUT2D eigenvalue weighted by Gasteiger charge is -2.08. The van der Waals surface area contributed by atoms with Crippen molar-refractivity contribution in [3.63, 3.8) is 0 Å². The molecule has 0 spiro atoms. The summed E-state index contributed by atoms with van der Waals surface area (Å²) < 4.78 is 0. The minimum atomic E-state index is 0.117. The number of nitrogens with one attached hydrogen (secondary N) is 2. The Bertz CT molecular complexity index is 182. The molecule has 1 fully saturated rings. The summed E-state index contributed by atoms with van der Waals surface area (Å²) in [5.41, 5.74) is 0. The zero-order valence-electron chi connectivity index (χ0n) is 8.47. The van der Waals surface area contributed by atoms with Crippen molar-refractivity contribution in [3.8, 4) is 0 Å². The molecule has 0 atom stereocenters. The molecule has 4 heteroatoms. The van der Waals surface area contributed by atoms with E-state index in [0.29, 0.717) is 12.8 Å². The van der Waals surface area contributed by atoms with Crippen LogP contribution >= 0.6 is 0 Å². The van der Waals surface area contributed by atoms with Crippen molar-refractivity contribution in [2.24, 2.45) is 0 Å². The van der Waals surface area contributed by atoms with E-state index in [2.05, 4.69) is 10.6 Å². The Morgan fingerprint density at radius 1 is 0.714 bits per heavy atom. The van der Waals surface area contributed by atoms with Crippen LogP contribution in [0.1, 0.15) is 38.5 Å². The molecule has 0 aromatic rings. The molecule has 1 saturated heterocycles. The van der Waals surface area contributed by atoms with Crippen LogP contribution in [-0.4, -0.2) is 24.9 Å². The van der Waals surface area contributed by atoms with E-state index in [0.717, 1.165) is 38.8 Å². The van der Waals surface area contributed by atoms with Crippen molar-refractivity contribution < 1.29 is 9.59 Å². The zero-order chi connectivity index (χ0) is 10.2. The highest BCUT2D eigenvalue weighted by Gasteiger charge is 2.05. The van der Waals surface area contributed by atoms with Crippen molar-refractivity contribution in [3.05, 3.63) is 0 Å². The van der Waals surface area contributed by atoms with Crippen LogP contribution in [0.5, 0.6) is 0 Å². The molecule has 1 aliphatic heterocycles. The number of carbonyl (C=O) groups excluding carboxylic acids is 2. The molecule has 0 aliphatic carbocycles. The summed E-state index contributed by atoms with van der Waals surface area (Å²) in [6.07, 6.45) is 4.58. The highest BCUT2D eigenvalue weighted by molar-refractivity contribution is 5.77. The monoisotopic (exact) mass is 198 g/mol. The third kappa shape index (κ3) is 4.84. The molecular formula is C10H18N2O2. The minimum absolute atomic E-state index is 0.117. The summed E-state index contributed by atoms with van der Waals surface area (Å²) in [4.78, 5) is 22.3. The fourth-order valence-corrected chi connectivity index (χ4v) is 1.45. The molecule has 2 amide bonds. The Labute approximate surface area is 84.4 Å². The third-order valence-corrected chi connectivity index (χ3v) is 2.31. The van der Waals surface area contributed by atoms with Gasteiger partial charge >= 0.3 is 0 Å². The van der Waals surface area contributed by atoms with Crippen LogP contribution in [0.2, 0.25) is 0 Å². The Kier molecular flexibility index (Phi) is 5.04. The average Bonchev–Trinajstić information content (AvgIpc) is 2.16.